The van der Waals surface area contributed by atoms with Gasteiger partial charge in [-0.05, 0) is 48.6 Å². The second-order valence-corrected chi connectivity index (χ2v) is 7.76. The lowest BCUT2D eigenvalue weighted by Crippen LogP contribution is -2.27. The van der Waals surface area contributed by atoms with Crippen molar-refractivity contribution in [2.45, 2.75) is 0 Å². The van der Waals surface area contributed by atoms with Gasteiger partial charge in [-0.2, -0.15) is 5.10 Å². The fourth-order valence-corrected chi connectivity index (χ4v) is 3.22. The largest absolute Gasteiger partial charge is 0.484 e. The maximum Gasteiger partial charge on any atom is 0.259 e. The third-order valence-corrected chi connectivity index (χ3v) is 5.09. The molecule has 0 N–H and O–H groups in total. The van der Waals surface area contributed by atoms with Crippen LogP contribution in [0.1, 0.15) is 15.9 Å². The van der Waals surface area contributed by atoms with Crippen LogP contribution in [0.2, 0.25) is 0 Å². The van der Waals surface area contributed by atoms with Gasteiger partial charge in [-0.3, -0.25) is 14.6 Å². The van der Waals surface area contributed by atoms with Crippen molar-refractivity contribution in [3.63, 3.8) is 0 Å². The van der Waals surface area contributed by atoms with E-state index < -0.39 is 0 Å². The number of ether oxygens (including phenoxy) is 1. The molecule has 0 fully saturated rings. The van der Waals surface area contributed by atoms with E-state index in [9.17, 15) is 9.59 Å². The molecule has 0 aliphatic carbocycles. The first-order valence-corrected chi connectivity index (χ1v) is 10.7. The van der Waals surface area contributed by atoms with Gasteiger partial charge in [0.2, 0.25) is 0 Å². The predicted molar refractivity (Wildman–Crippen MR) is 131 cm³/mol. The molecule has 7 nitrogen and oxygen atoms in total. The fourth-order valence-electron chi connectivity index (χ4n) is 3.22. The van der Waals surface area contributed by atoms with Crippen molar-refractivity contribution in [1.29, 1.82) is 0 Å². The summed E-state index contributed by atoms with van der Waals surface area (Å²) in [6, 6.07) is 20.3. The number of amides is 1. The van der Waals surface area contributed by atoms with E-state index in [1.807, 2.05) is 48.7 Å². The van der Waals surface area contributed by atoms with Crippen LogP contribution >= 0.6 is 0 Å². The van der Waals surface area contributed by atoms with E-state index in [0.717, 1.165) is 22.5 Å². The number of hydrogen-bond donors (Lipinski definition) is 0. The Hall–Kier alpha value is -4.52. The van der Waals surface area contributed by atoms with Crippen LogP contribution in [0.3, 0.4) is 0 Å². The second-order valence-electron chi connectivity index (χ2n) is 7.76. The Bertz CT molecular complexity index is 1310. The monoisotopic (exact) mass is 452 g/mol. The topological polar surface area (TPSA) is 77.3 Å². The van der Waals surface area contributed by atoms with Gasteiger partial charge in [-0.1, -0.05) is 30.3 Å². The number of nitrogens with zero attached hydrogens (tertiary/aromatic N) is 4. The first-order valence-electron chi connectivity index (χ1n) is 10.7. The zero-order valence-corrected chi connectivity index (χ0v) is 19.0. The molecule has 170 valence electrons. The predicted octanol–water partition coefficient (Wildman–Crippen LogP) is 4.30. The average Bonchev–Trinajstić information content (AvgIpc) is 3.31. The van der Waals surface area contributed by atoms with Crippen molar-refractivity contribution < 1.29 is 14.3 Å². The Morgan fingerprint density at radius 2 is 1.85 bits per heavy atom. The summed E-state index contributed by atoms with van der Waals surface area (Å²) in [7, 11) is 3.33. The highest BCUT2D eigenvalue weighted by atomic mass is 16.5. The number of hydrogen-bond acceptors (Lipinski definition) is 5. The van der Waals surface area contributed by atoms with E-state index >= 15 is 0 Å². The van der Waals surface area contributed by atoms with Crippen molar-refractivity contribution in [2.24, 2.45) is 0 Å². The van der Waals surface area contributed by atoms with Crippen molar-refractivity contribution in [3.8, 4) is 22.7 Å². The molecule has 0 aliphatic rings. The number of likely N-dealkylation sites (N-methyl/N-ethyl adjacent to an activating group) is 1. The molecule has 2 heterocycles. The minimum Gasteiger partial charge on any atom is -0.484 e. The Kier molecular flexibility index (Phi) is 6.93. The number of pyridine rings is 1. The molecule has 34 heavy (non-hydrogen) atoms. The molecule has 1 amide bonds. The lowest BCUT2D eigenvalue weighted by molar-refractivity contribution is -0.130. The van der Waals surface area contributed by atoms with E-state index in [2.05, 4.69) is 4.98 Å². The van der Waals surface area contributed by atoms with Crippen LogP contribution in [-0.4, -0.2) is 52.1 Å². The molecule has 4 aromatic rings. The summed E-state index contributed by atoms with van der Waals surface area (Å²) in [6.07, 6.45) is 8.59. The molecule has 0 saturated carbocycles. The highest BCUT2D eigenvalue weighted by Gasteiger charge is 2.12. The fraction of sp³-hybridized carbons (Fsp3) is 0.111. The maximum atomic E-state index is 12.9. The molecule has 0 saturated heterocycles. The van der Waals surface area contributed by atoms with Gasteiger partial charge in [0, 0.05) is 49.4 Å². The zero-order valence-electron chi connectivity index (χ0n) is 19.0. The summed E-state index contributed by atoms with van der Waals surface area (Å²) >= 11 is 0. The molecular formula is C27H24N4O3. The van der Waals surface area contributed by atoms with Gasteiger partial charge >= 0.3 is 0 Å². The molecule has 0 aliphatic heterocycles. The van der Waals surface area contributed by atoms with E-state index in [1.165, 1.54) is 11.0 Å². The van der Waals surface area contributed by atoms with Crippen LogP contribution < -0.4 is 4.74 Å². The van der Waals surface area contributed by atoms with Crippen LogP contribution in [0.25, 0.3) is 23.0 Å². The quantitative estimate of drug-likeness (QED) is 0.294. The molecule has 0 bridgehead atoms. The summed E-state index contributed by atoms with van der Waals surface area (Å²) < 4.78 is 7.30. The van der Waals surface area contributed by atoms with E-state index in [1.54, 1.807) is 61.5 Å². The van der Waals surface area contributed by atoms with Gasteiger partial charge in [0.05, 0.1) is 5.69 Å². The summed E-state index contributed by atoms with van der Waals surface area (Å²) in [5, 5.41) is 4.73. The molecular weight excluding hydrogens is 428 g/mol. The summed E-state index contributed by atoms with van der Waals surface area (Å²) in [5.41, 5.74) is 3.74. The Morgan fingerprint density at radius 3 is 2.59 bits per heavy atom. The number of ketones is 1. The van der Waals surface area contributed by atoms with E-state index in [0.29, 0.717) is 11.3 Å². The maximum absolute atomic E-state index is 12.9. The number of aromatic nitrogens is 3. The van der Waals surface area contributed by atoms with E-state index in [-0.39, 0.29) is 18.3 Å². The molecule has 0 unspecified atom stereocenters. The minimum atomic E-state index is -0.186. The van der Waals surface area contributed by atoms with Crippen LogP contribution in [-0.2, 0) is 4.79 Å². The second kappa shape index (κ2) is 10.4. The van der Waals surface area contributed by atoms with Gasteiger partial charge in [-0.25, -0.2) is 4.68 Å². The van der Waals surface area contributed by atoms with Crippen LogP contribution in [0.4, 0.5) is 0 Å². The zero-order chi connectivity index (χ0) is 23.9. The van der Waals surface area contributed by atoms with Crippen LogP contribution in [0.5, 0.6) is 5.75 Å². The molecule has 0 spiro atoms. The number of rotatable bonds is 8. The van der Waals surface area contributed by atoms with Crippen molar-refractivity contribution in [1.82, 2.24) is 19.7 Å². The molecule has 0 atom stereocenters. The van der Waals surface area contributed by atoms with E-state index in [4.69, 9.17) is 9.84 Å². The number of benzene rings is 2. The first-order chi connectivity index (χ1) is 16.5. The normalized spacial score (nSPS) is 10.9. The highest BCUT2D eigenvalue weighted by molar-refractivity contribution is 6.07. The molecule has 2 aromatic heterocycles. The van der Waals surface area contributed by atoms with Gasteiger partial charge in [0.15, 0.2) is 12.4 Å². The minimum absolute atomic E-state index is 0.0897. The van der Waals surface area contributed by atoms with Gasteiger partial charge in [0.25, 0.3) is 5.91 Å². The van der Waals surface area contributed by atoms with Gasteiger partial charge in [0.1, 0.15) is 11.4 Å². The Morgan fingerprint density at radius 1 is 1.03 bits per heavy atom. The SMILES string of the molecule is CN(C)C(=O)COc1cccc(C(=O)/C=C/c2cn(-c3ccccc3)nc2-c2cccnc2)c1. The molecule has 7 heteroatoms. The molecule has 0 radical (unpaired) electrons. The van der Waals surface area contributed by atoms with Crippen molar-refractivity contribution in [3.05, 3.63) is 103 Å². The number of allylic oxidation sites excluding steroid dienone is 1. The molecule has 2 aromatic carbocycles. The first kappa shape index (κ1) is 22.7. The van der Waals surface area contributed by atoms with Gasteiger partial charge in [-0.15, -0.1) is 0 Å². The Balaban J connectivity index is 1.58. The standard InChI is InChI=1S/C27H24N4O3/c1-30(2)26(33)19-34-24-12-6-8-20(16-24)25(32)14-13-22-18-31(23-10-4-3-5-11-23)29-27(22)21-9-7-15-28-17-21/h3-18H,19H2,1-2H3/b14-13+. The van der Waals surface area contributed by atoms with Crippen molar-refractivity contribution in [2.75, 3.05) is 20.7 Å². The average molecular weight is 453 g/mol. The molecule has 4 rings (SSSR count). The van der Waals surface area contributed by atoms with Crippen LogP contribution in [0, 0.1) is 0 Å². The number of carbonyl (C=O) groups is 2. The summed E-state index contributed by atoms with van der Waals surface area (Å²) in [4.78, 5) is 30.3. The summed E-state index contributed by atoms with van der Waals surface area (Å²) in [5.74, 6) is 0.117. The van der Waals surface area contributed by atoms with Crippen LogP contribution in [0.15, 0.2) is 91.4 Å². The third kappa shape index (κ3) is 5.45. The van der Waals surface area contributed by atoms with Gasteiger partial charge < -0.3 is 9.64 Å². The third-order valence-electron chi connectivity index (χ3n) is 5.09. The lowest BCUT2D eigenvalue weighted by atomic mass is 10.1. The number of para-hydroxylation sites is 1. The highest BCUT2D eigenvalue weighted by Crippen LogP contribution is 2.24. The van der Waals surface area contributed by atoms with Crippen molar-refractivity contribution >= 4 is 17.8 Å². The lowest BCUT2D eigenvalue weighted by Gasteiger charge is -2.11. The Labute approximate surface area is 197 Å². The smallest absolute Gasteiger partial charge is 0.259 e. The summed E-state index contributed by atoms with van der Waals surface area (Å²) in [6.45, 7) is -0.0897. The number of carbonyl (C=O) groups excluding carboxylic acids is 2.